The highest BCUT2D eigenvalue weighted by atomic mass is 32.2. The lowest BCUT2D eigenvalue weighted by Crippen LogP contribution is -2.63. The summed E-state index contributed by atoms with van der Waals surface area (Å²) in [5, 5.41) is 20.9. The SMILES string of the molecule is CSc1c2sc(C3=C(C(=O)O)N4C(=O)[C@H]([C@@H](C)O)[C@H]4[C@H]3C)c[n+]2c(C)n1C.O=S(=O)([O-])C(F)(F)F. The zero-order valence-corrected chi connectivity index (χ0v) is 21.5. The molecule has 2 aliphatic rings. The summed E-state index contributed by atoms with van der Waals surface area (Å²) in [4.78, 5) is 27.8. The molecule has 2 aromatic rings. The van der Waals surface area contributed by atoms with Crippen molar-refractivity contribution < 1.29 is 50.3 Å². The molecule has 2 N–H and O–H groups in total. The van der Waals surface area contributed by atoms with Crippen molar-refractivity contribution in [1.82, 2.24) is 9.47 Å². The summed E-state index contributed by atoms with van der Waals surface area (Å²) in [7, 11) is -4.08. The van der Waals surface area contributed by atoms with Crippen LogP contribution in [0.15, 0.2) is 16.9 Å². The number of aliphatic hydroxyl groups is 1. The van der Waals surface area contributed by atoms with Gasteiger partial charge in [0.15, 0.2) is 10.1 Å². The van der Waals surface area contributed by atoms with E-state index >= 15 is 0 Å². The number of aryl methyl sites for hydroxylation is 1. The Kier molecular flexibility index (Phi) is 7.11. The highest BCUT2D eigenvalue weighted by molar-refractivity contribution is 7.98. The first-order valence-corrected chi connectivity index (χ1v) is 13.5. The van der Waals surface area contributed by atoms with Gasteiger partial charge in [-0.25, -0.2) is 17.8 Å². The molecule has 0 spiro atoms. The van der Waals surface area contributed by atoms with Crippen molar-refractivity contribution >= 4 is 55.5 Å². The van der Waals surface area contributed by atoms with E-state index in [4.69, 9.17) is 13.0 Å². The summed E-state index contributed by atoms with van der Waals surface area (Å²) in [6.45, 7) is 5.56. The number of nitrogens with zero attached hydrogens (tertiary/aromatic N) is 3. The van der Waals surface area contributed by atoms with Crippen molar-refractivity contribution in [2.75, 3.05) is 6.26 Å². The fourth-order valence-corrected chi connectivity index (χ4v) is 6.76. The molecule has 0 aromatic carbocycles. The lowest BCUT2D eigenvalue weighted by Gasteiger charge is -2.46. The van der Waals surface area contributed by atoms with Gasteiger partial charge in [-0.15, -0.1) is 0 Å². The minimum Gasteiger partial charge on any atom is -0.741 e. The van der Waals surface area contributed by atoms with Crippen molar-refractivity contribution in [1.29, 1.82) is 0 Å². The molecule has 4 atom stereocenters. The molecule has 1 saturated heterocycles. The van der Waals surface area contributed by atoms with Crippen molar-refractivity contribution in [3.8, 4) is 0 Å². The number of halogens is 3. The first kappa shape index (κ1) is 27.4. The van der Waals surface area contributed by atoms with Gasteiger partial charge in [0.2, 0.25) is 15.8 Å². The summed E-state index contributed by atoms with van der Waals surface area (Å²) in [5.41, 5.74) is -4.90. The Morgan fingerprint density at radius 2 is 1.91 bits per heavy atom. The van der Waals surface area contributed by atoms with Gasteiger partial charge in [0.1, 0.15) is 11.9 Å². The van der Waals surface area contributed by atoms with Crippen LogP contribution < -0.4 is 4.40 Å². The van der Waals surface area contributed by atoms with Crippen LogP contribution in [0.1, 0.15) is 24.5 Å². The number of fused-ring (bicyclic) bond motifs is 2. The molecule has 16 heteroatoms. The van der Waals surface area contributed by atoms with Gasteiger partial charge in [0.25, 0.3) is 5.82 Å². The van der Waals surface area contributed by atoms with Gasteiger partial charge >= 0.3 is 11.5 Å². The Morgan fingerprint density at radius 3 is 2.34 bits per heavy atom. The Morgan fingerprint density at radius 1 is 1.37 bits per heavy atom. The Bertz CT molecular complexity index is 1340. The van der Waals surface area contributed by atoms with Crippen molar-refractivity contribution in [3.05, 3.63) is 22.6 Å². The monoisotopic (exact) mass is 557 g/mol. The number of aliphatic carboxylic acids is 1. The number of carboxylic acid groups (broad SMARTS) is 1. The number of thiazole rings is 1. The molecule has 35 heavy (non-hydrogen) atoms. The highest BCUT2D eigenvalue weighted by Gasteiger charge is 2.60. The van der Waals surface area contributed by atoms with Gasteiger partial charge in [-0.2, -0.15) is 17.6 Å². The van der Waals surface area contributed by atoms with E-state index in [0.717, 1.165) is 20.6 Å². The van der Waals surface area contributed by atoms with Crippen LogP contribution in [-0.4, -0.2) is 68.4 Å². The zero-order chi connectivity index (χ0) is 26.8. The molecule has 10 nitrogen and oxygen atoms in total. The van der Waals surface area contributed by atoms with E-state index in [1.165, 1.54) is 4.90 Å². The number of aliphatic hydroxyl groups excluding tert-OH is 1. The van der Waals surface area contributed by atoms with Gasteiger partial charge in [-0.1, -0.05) is 30.0 Å². The molecule has 1 fully saturated rings. The summed E-state index contributed by atoms with van der Waals surface area (Å²) < 4.78 is 63.1. The molecule has 0 aliphatic carbocycles. The smallest absolute Gasteiger partial charge is 0.485 e. The van der Waals surface area contributed by atoms with Crippen LogP contribution in [0.25, 0.3) is 10.4 Å². The van der Waals surface area contributed by atoms with Crippen molar-refractivity contribution in [2.24, 2.45) is 18.9 Å². The van der Waals surface area contributed by atoms with Crippen LogP contribution in [0.3, 0.4) is 0 Å². The molecule has 4 rings (SSSR count). The molecule has 0 bridgehead atoms. The van der Waals surface area contributed by atoms with E-state index in [2.05, 4.69) is 8.97 Å². The number of alkyl halides is 3. The highest BCUT2D eigenvalue weighted by Crippen LogP contribution is 2.51. The number of thioether (sulfide) groups is 1. The van der Waals surface area contributed by atoms with Crippen LogP contribution in [-0.2, 0) is 26.8 Å². The average molecular weight is 558 g/mol. The Balaban J connectivity index is 0.000000371. The van der Waals surface area contributed by atoms with Crippen molar-refractivity contribution in [2.45, 2.75) is 43.5 Å². The van der Waals surface area contributed by atoms with Crippen LogP contribution in [0.2, 0.25) is 0 Å². The summed E-state index contributed by atoms with van der Waals surface area (Å²) in [6, 6.07) is -0.294. The molecule has 1 amide bonds. The molecular weight excluding hydrogens is 535 g/mol. The normalized spacial score (nSPS) is 23.2. The summed E-state index contributed by atoms with van der Waals surface area (Å²) >= 11 is 3.20. The Hall–Kier alpha value is -2.14. The first-order valence-electron chi connectivity index (χ1n) is 10.0. The maximum Gasteiger partial charge on any atom is 0.485 e. The molecule has 2 aliphatic heterocycles. The number of β-lactam (4-membered cyclic amide) rings is 1. The van der Waals surface area contributed by atoms with E-state index in [0.29, 0.717) is 5.57 Å². The fraction of sp³-hybridized carbons (Fsp3) is 0.526. The molecule has 2 aromatic heterocycles. The first-order chi connectivity index (χ1) is 16.0. The number of aromatic nitrogens is 2. The summed E-state index contributed by atoms with van der Waals surface area (Å²) in [5.74, 6) is -1.03. The predicted molar refractivity (Wildman–Crippen MR) is 118 cm³/mol. The number of rotatable bonds is 4. The van der Waals surface area contributed by atoms with Crippen LogP contribution in [0, 0.1) is 18.8 Å². The number of carbonyl (C=O) groups is 2. The standard InChI is InChI=1S/C18H21N3O4S2.CHF3O3S/c1-7-11(10-6-20-9(3)19(4)16(26-5)17(20)27-10)14(18(24)25)21-13(7)12(8(2)22)15(21)23;2-1(3,4)8(5,6)7/h6-8,12-13,22H,1-5H3;(H,5,6,7)/t7-,8+,12+,13+;/m0./s1. The lowest BCUT2D eigenvalue weighted by atomic mass is 9.77. The summed E-state index contributed by atoms with van der Waals surface area (Å²) in [6.07, 6.45) is 3.20. The van der Waals surface area contributed by atoms with Gasteiger partial charge in [-0.3, -0.25) is 4.79 Å². The minimum absolute atomic E-state index is 0.0617. The largest absolute Gasteiger partial charge is 0.741 e. The number of carboxylic acids is 1. The number of imidazole rings is 1. The predicted octanol–water partition coefficient (Wildman–Crippen LogP) is 1.56. The molecular formula is C19H22F3N3O7S3. The maximum absolute atomic E-state index is 12.5. The lowest BCUT2D eigenvalue weighted by molar-refractivity contribution is -0.516. The second kappa shape index (κ2) is 9.06. The quantitative estimate of drug-likeness (QED) is 0.190. The van der Waals surface area contributed by atoms with Gasteiger partial charge in [0, 0.05) is 18.4 Å². The van der Waals surface area contributed by atoms with Gasteiger partial charge in [-0.05, 0) is 13.2 Å². The van der Waals surface area contributed by atoms with Crippen LogP contribution in [0.5, 0.6) is 0 Å². The second-order valence-electron chi connectivity index (χ2n) is 8.11. The van der Waals surface area contributed by atoms with Gasteiger partial charge in [0.05, 0.1) is 30.0 Å². The topological polar surface area (TPSA) is 144 Å². The Labute approximate surface area is 206 Å². The molecule has 0 radical (unpaired) electrons. The molecule has 0 unspecified atom stereocenters. The number of hydrogen-bond donors (Lipinski definition) is 2. The van der Waals surface area contributed by atoms with E-state index in [1.807, 2.05) is 33.3 Å². The third-order valence-electron chi connectivity index (χ3n) is 6.11. The molecule has 4 heterocycles. The zero-order valence-electron chi connectivity index (χ0n) is 19.0. The molecule has 0 saturated carbocycles. The third-order valence-corrected chi connectivity index (χ3v) is 8.79. The van der Waals surface area contributed by atoms with E-state index in [1.54, 1.807) is 30.0 Å². The van der Waals surface area contributed by atoms with E-state index < -0.39 is 33.6 Å². The van der Waals surface area contributed by atoms with Crippen LogP contribution in [0.4, 0.5) is 13.2 Å². The van der Waals surface area contributed by atoms with E-state index in [-0.39, 0.29) is 23.6 Å². The van der Waals surface area contributed by atoms with Crippen molar-refractivity contribution in [3.63, 3.8) is 0 Å². The van der Waals surface area contributed by atoms with Crippen LogP contribution >= 0.6 is 23.1 Å². The number of hydrogen-bond acceptors (Lipinski definition) is 8. The third kappa shape index (κ3) is 4.34. The second-order valence-corrected chi connectivity index (χ2v) is 11.3. The van der Waals surface area contributed by atoms with Gasteiger partial charge < -0.3 is 19.7 Å². The fourth-order valence-electron chi connectivity index (χ4n) is 4.44. The molecule has 194 valence electrons. The average Bonchev–Trinajstić information content (AvgIpc) is 3.30. The van der Waals surface area contributed by atoms with E-state index in [9.17, 15) is 33.0 Å². The number of amides is 1. The minimum atomic E-state index is -6.09. The number of carbonyl (C=O) groups excluding carboxylic acids is 1. The maximum atomic E-state index is 12.5.